The molecule has 3 aromatic heterocycles. The minimum Gasteiger partial charge on any atom is -0.375 e. The van der Waals surface area contributed by atoms with Crippen molar-refractivity contribution < 1.29 is 0 Å². The normalized spacial score (nSPS) is 11.2. The molecule has 3 heterocycles. The summed E-state index contributed by atoms with van der Waals surface area (Å²) in [5.41, 5.74) is 13.0. The number of nitrogens with two attached hydrogens (primary N) is 1. The van der Waals surface area contributed by atoms with Crippen LogP contribution in [0.15, 0.2) is 71.8 Å². The molecule has 4 N–H and O–H groups in total. The molecule has 0 saturated heterocycles. The second-order valence-electron chi connectivity index (χ2n) is 6.85. The summed E-state index contributed by atoms with van der Waals surface area (Å²) in [5, 5.41) is 13.4. The molecule has 0 fully saturated rings. The fraction of sp³-hybridized carbons (Fsp3) is 0.0870. The predicted molar refractivity (Wildman–Crippen MR) is 136 cm³/mol. The number of hydrogen-bond acceptors (Lipinski definition) is 9. The predicted octanol–water partition coefficient (Wildman–Crippen LogP) is 5.79. The zero-order valence-corrected chi connectivity index (χ0v) is 19.2. The summed E-state index contributed by atoms with van der Waals surface area (Å²) < 4.78 is 2.28. The molecule has 32 heavy (non-hydrogen) atoms. The third kappa shape index (κ3) is 5.13. The van der Waals surface area contributed by atoms with Gasteiger partial charge in [-0.2, -0.15) is 5.10 Å². The summed E-state index contributed by atoms with van der Waals surface area (Å²) >= 11 is 3.08. The highest BCUT2D eigenvalue weighted by molar-refractivity contribution is 7.22. The van der Waals surface area contributed by atoms with Crippen LogP contribution in [0.3, 0.4) is 0 Å². The van der Waals surface area contributed by atoms with Crippen LogP contribution in [-0.4, -0.2) is 26.4 Å². The quantitative estimate of drug-likeness (QED) is 0.232. The number of benzene rings is 2. The van der Waals surface area contributed by atoms with Crippen molar-refractivity contribution in [2.45, 2.75) is 13.8 Å². The van der Waals surface area contributed by atoms with Gasteiger partial charge in [0.25, 0.3) is 0 Å². The minimum absolute atomic E-state index is 0.439. The van der Waals surface area contributed by atoms with Gasteiger partial charge in [0.2, 0.25) is 5.13 Å². The Morgan fingerprint density at radius 2 is 1.44 bits per heavy atom. The van der Waals surface area contributed by atoms with Crippen molar-refractivity contribution in [1.82, 2.24) is 15.0 Å². The van der Waals surface area contributed by atoms with Crippen LogP contribution in [0, 0.1) is 5.41 Å². The van der Waals surface area contributed by atoms with Crippen molar-refractivity contribution in [3.63, 3.8) is 0 Å². The molecular formula is C23H21N7S2. The topological polar surface area (TPSA) is 113 Å². The highest BCUT2D eigenvalue weighted by Gasteiger charge is 2.05. The van der Waals surface area contributed by atoms with E-state index in [1.807, 2.05) is 73.7 Å². The second-order valence-corrected chi connectivity index (χ2v) is 8.94. The first-order chi connectivity index (χ1) is 15.5. The molecule has 0 amide bonds. The molecule has 0 atom stereocenters. The molecule has 0 spiro atoms. The number of fused-ring (bicyclic) bond motifs is 2. The molecule has 9 heteroatoms. The van der Waals surface area contributed by atoms with Gasteiger partial charge in [-0.15, -0.1) is 0 Å². The van der Waals surface area contributed by atoms with E-state index in [1.165, 1.54) is 11.3 Å². The van der Waals surface area contributed by atoms with Gasteiger partial charge in [0.15, 0.2) is 5.13 Å². The molecule has 5 rings (SSSR count). The van der Waals surface area contributed by atoms with Crippen LogP contribution in [0.1, 0.15) is 25.2 Å². The number of para-hydroxylation sites is 2. The van der Waals surface area contributed by atoms with Gasteiger partial charge in [-0.3, -0.25) is 5.43 Å². The van der Waals surface area contributed by atoms with Crippen LogP contribution in [0.5, 0.6) is 0 Å². The van der Waals surface area contributed by atoms with Crippen molar-refractivity contribution in [2.75, 3.05) is 11.2 Å². The molecule has 160 valence electrons. The lowest BCUT2D eigenvalue weighted by atomic mass is 10.2. The number of thiazole rings is 2. The molecular weight excluding hydrogens is 438 g/mol. The van der Waals surface area contributed by atoms with E-state index in [0.29, 0.717) is 16.5 Å². The van der Waals surface area contributed by atoms with Crippen LogP contribution in [0.4, 0.5) is 10.3 Å². The Labute approximate surface area is 193 Å². The van der Waals surface area contributed by atoms with Gasteiger partial charge >= 0.3 is 0 Å². The first-order valence-electron chi connectivity index (χ1n) is 9.79. The number of aromatic nitrogens is 3. The van der Waals surface area contributed by atoms with Crippen LogP contribution in [0.2, 0.25) is 0 Å². The van der Waals surface area contributed by atoms with Gasteiger partial charge < -0.3 is 11.1 Å². The zero-order chi connectivity index (χ0) is 22.5. The van der Waals surface area contributed by atoms with Crippen LogP contribution in [-0.2, 0) is 0 Å². The third-order valence-corrected chi connectivity index (χ3v) is 6.23. The van der Waals surface area contributed by atoms with E-state index in [0.717, 1.165) is 37.0 Å². The van der Waals surface area contributed by atoms with Crippen molar-refractivity contribution >= 4 is 64.8 Å². The molecule has 0 aliphatic heterocycles. The summed E-state index contributed by atoms with van der Waals surface area (Å²) in [5.74, 6) is 0. The monoisotopic (exact) mass is 459 g/mol. The maximum Gasteiger partial charge on any atom is 0.204 e. The molecule has 0 aliphatic carbocycles. The Morgan fingerprint density at radius 1 is 0.812 bits per heavy atom. The molecule has 2 aromatic carbocycles. The number of nitrogens with one attached hydrogen (secondary N) is 2. The van der Waals surface area contributed by atoms with Crippen LogP contribution < -0.4 is 11.2 Å². The molecule has 0 bridgehead atoms. The van der Waals surface area contributed by atoms with Gasteiger partial charge in [0, 0.05) is 0 Å². The lowest BCUT2D eigenvalue weighted by molar-refractivity contribution is 1.21. The van der Waals surface area contributed by atoms with E-state index in [1.54, 1.807) is 18.3 Å². The number of nitrogens with zero attached hydrogens (tertiary/aromatic N) is 4. The second kappa shape index (κ2) is 9.63. The highest BCUT2D eigenvalue weighted by atomic mass is 32.1. The van der Waals surface area contributed by atoms with Crippen LogP contribution >= 0.6 is 22.7 Å². The number of nitrogen functional groups attached to an aromatic ring is 1. The molecule has 0 radical (unpaired) electrons. The molecule has 7 nitrogen and oxygen atoms in total. The highest BCUT2D eigenvalue weighted by Crippen LogP contribution is 2.25. The molecule has 0 unspecified atom stereocenters. The van der Waals surface area contributed by atoms with Crippen LogP contribution in [0.25, 0.3) is 20.4 Å². The lowest BCUT2D eigenvalue weighted by Gasteiger charge is -2.03. The maximum absolute atomic E-state index is 7.64. The molecule has 0 saturated carbocycles. The van der Waals surface area contributed by atoms with E-state index in [9.17, 15) is 0 Å². The lowest BCUT2D eigenvalue weighted by Crippen LogP contribution is -2.06. The van der Waals surface area contributed by atoms with Gasteiger partial charge in [0.05, 0.1) is 43.2 Å². The summed E-state index contributed by atoms with van der Waals surface area (Å²) in [6.07, 6.45) is 0. The van der Waals surface area contributed by atoms with Gasteiger partial charge in [0.1, 0.15) is 0 Å². The number of pyridine rings is 1. The average molecular weight is 460 g/mol. The van der Waals surface area contributed by atoms with Gasteiger partial charge in [-0.05, 0) is 50.2 Å². The minimum atomic E-state index is 0.439. The van der Waals surface area contributed by atoms with E-state index in [-0.39, 0.29) is 0 Å². The fourth-order valence-corrected chi connectivity index (χ4v) is 4.39. The van der Waals surface area contributed by atoms with E-state index >= 15 is 0 Å². The summed E-state index contributed by atoms with van der Waals surface area (Å²) in [7, 11) is 0. The Kier molecular flexibility index (Phi) is 6.48. The largest absolute Gasteiger partial charge is 0.375 e. The number of hydrazone groups is 1. The van der Waals surface area contributed by atoms with Crippen molar-refractivity contribution in [3.8, 4) is 0 Å². The standard InChI is InChI=1S/C16H15N5S.C7H6N2S/c1-10(17)12-7-5-8-13(18-12)11(2)20-21-16-19-14-6-3-4-9-15(14)22-16;8-7-9-5-3-1-2-4-6(5)10-7/h3-9,17H,1-2H3,(H,19,21);1-4H,(H2,8,9)/b17-10?,20-11-;. The Hall–Kier alpha value is -3.69. The van der Waals surface area contributed by atoms with E-state index in [2.05, 4.69) is 25.5 Å². The fourth-order valence-electron chi connectivity index (χ4n) is 2.84. The number of hydrogen-bond donors (Lipinski definition) is 3. The van der Waals surface area contributed by atoms with Crippen molar-refractivity contribution in [1.29, 1.82) is 5.41 Å². The smallest absolute Gasteiger partial charge is 0.204 e. The van der Waals surface area contributed by atoms with E-state index < -0.39 is 0 Å². The summed E-state index contributed by atoms with van der Waals surface area (Å²) in [4.78, 5) is 13.0. The number of rotatable bonds is 4. The third-order valence-electron chi connectivity index (χ3n) is 4.43. The van der Waals surface area contributed by atoms with Gasteiger partial charge in [-0.1, -0.05) is 53.0 Å². The first-order valence-corrected chi connectivity index (χ1v) is 11.4. The Morgan fingerprint density at radius 3 is 2.09 bits per heavy atom. The maximum atomic E-state index is 7.64. The molecule has 0 aliphatic rings. The average Bonchev–Trinajstić information content (AvgIpc) is 3.39. The Bertz CT molecular complexity index is 1350. The summed E-state index contributed by atoms with van der Waals surface area (Å²) in [6, 6.07) is 21.5. The van der Waals surface area contributed by atoms with Crippen molar-refractivity contribution in [2.24, 2.45) is 5.10 Å². The zero-order valence-electron chi connectivity index (χ0n) is 17.5. The Balaban J connectivity index is 0.000000203. The first kappa shape index (κ1) is 21.5. The SMILES string of the molecule is CC(=N)c1cccc(/C(C)=N\Nc2nc3ccccc3s2)n1.Nc1nc2ccccc2s1. The molecule has 5 aromatic rings. The van der Waals surface area contributed by atoms with Crippen molar-refractivity contribution in [3.05, 3.63) is 78.1 Å². The van der Waals surface area contributed by atoms with E-state index in [4.69, 9.17) is 11.1 Å². The van der Waals surface area contributed by atoms with Gasteiger partial charge in [-0.25, -0.2) is 15.0 Å². The summed E-state index contributed by atoms with van der Waals surface area (Å²) in [6.45, 7) is 3.60. The number of anilines is 2.